The molecule has 0 aromatic carbocycles. The molecule has 12 heteroatoms. The number of carbonyl (C=O) groups excluding carboxylic acids is 3. The highest BCUT2D eigenvalue weighted by Crippen LogP contribution is 2.43. The van der Waals surface area contributed by atoms with Crippen LogP contribution < -0.4 is 0 Å². The normalized spacial score (nSPS) is 13.8. The van der Waals surface area contributed by atoms with Gasteiger partial charge in [-0.25, -0.2) is 4.57 Å². The van der Waals surface area contributed by atoms with Gasteiger partial charge < -0.3 is 24.2 Å². The third-order valence-corrected chi connectivity index (χ3v) is 14.8. The van der Waals surface area contributed by atoms with Gasteiger partial charge in [0, 0.05) is 19.3 Å². The summed E-state index contributed by atoms with van der Waals surface area (Å²) in [5.41, 5.74) is 0. The molecule has 0 bridgehead atoms. The van der Waals surface area contributed by atoms with E-state index in [-0.39, 0.29) is 25.9 Å². The zero-order chi connectivity index (χ0) is 58.3. The molecule has 0 saturated carbocycles. The number of esters is 3. The van der Waals surface area contributed by atoms with Crippen molar-refractivity contribution in [2.45, 2.75) is 303 Å². The summed E-state index contributed by atoms with van der Waals surface area (Å²) in [6.07, 6.45) is 72.6. The van der Waals surface area contributed by atoms with Gasteiger partial charge in [0.25, 0.3) is 0 Å². The highest BCUT2D eigenvalue weighted by atomic mass is 31.2. The lowest BCUT2D eigenvalue weighted by atomic mass is 10.0. The highest BCUT2D eigenvalue weighted by Gasteiger charge is 2.28. The molecular weight excluding hydrogens is 1020 g/mol. The summed E-state index contributed by atoms with van der Waals surface area (Å²) in [6, 6.07) is 0. The Balaban J connectivity index is 4.75. The van der Waals surface area contributed by atoms with E-state index >= 15 is 0 Å². The average Bonchev–Trinajstić information content (AvgIpc) is 3.45. The first kappa shape index (κ1) is 76.7. The van der Waals surface area contributed by atoms with Gasteiger partial charge in [0.2, 0.25) is 0 Å². The molecule has 3 unspecified atom stereocenters. The number of aliphatic hydroxyl groups is 1. The van der Waals surface area contributed by atoms with Gasteiger partial charge >= 0.3 is 25.7 Å². The van der Waals surface area contributed by atoms with Crippen molar-refractivity contribution in [2.24, 2.45) is 0 Å². The minimum atomic E-state index is -4.78. The molecule has 0 saturated heterocycles. The Morgan fingerprint density at radius 2 is 0.675 bits per heavy atom. The van der Waals surface area contributed by atoms with Crippen LogP contribution in [-0.2, 0) is 42.2 Å². The lowest BCUT2D eigenvalue weighted by Gasteiger charge is -2.21. The molecule has 2 N–H and O–H groups in total. The van der Waals surface area contributed by atoms with Crippen LogP contribution in [0, 0.1) is 0 Å². The lowest BCUT2D eigenvalue weighted by molar-refractivity contribution is -0.161. The van der Waals surface area contributed by atoms with Crippen LogP contribution in [0.2, 0.25) is 0 Å². The van der Waals surface area contributed by atoms with E-state index < -0.39 is 57.8 Å². The predicted molar refractivity (Wildman–Crippen MR) is 334 cm³/mol. The van der Waals surface area contributed by atoms with Crippen molar-refractivity contribution in [3.05, 3.63) is 85.1 Å². The Bertz CT molecular complexity index is 1670. The van der Waals surface area contributed by atoms with Crippen LogP contribution in [0.25, 0.3) is 0 Å². The number of aliphatic hydroxyl groups excluding tert-OH is 1. The average molecular weight is 1140 g/mol. The number of allylic oxidation sites excluding steroid dienone is 14. The van der Waals surface area contributed by atoms with Gasteiger partial charge in [-0.3, -0.25) is 23.4 Å². The van der Waals surface area contributed by atoms with Gasteiger partial charge in [-0.05, 0) is 83.5 Å². The molecule has 11 nitrogen and oxygen atoms in total. The van der Waals surface area contributed by atoms with Crippen LogP contribution in [0.4, 0.5) is 0 Å². The molecular formula is C68H119O11P. The number of hydrogen-bond acceptors (Lipinski definition) is 10. The third-order valence-electron chi connectivity index (χ3n) is 13.8. The van der Waals surface area contributed by atoms with Crippen molar-refractivity contribution >= 4 is 25.7 Å². The number of phosphoric acid groups is 1. The van der Waals surface area contributed by atoms with E-state index in [1.165, 1.54) is 154 Å². The maximum Gasteiger partial charge on any atom is 0.472 e. The van der Waals surface area contributed by atoms with Gasteiger partial charge in [0.05, 0.1) is 19.8 Å². The second-order valence-electron chi connectivity index (χ2n) is 21.6. The van der Waals surface area contributed by atoms with Gasteiger partial charge in [-0.2, -0.15) is 0 Å². The fourth-order valence-corrected chi connectivity index (χ4v) is 9.69. The summed E-state index contributed by atoms with van der Waals surface area (Å²) in [5, 5.41) is 9.86. The van der Waals surface area contributed by atoms with Crippen LogP contribution in [0.15, 0.2) is 85.1 Å². The summed E-state index contributed by atoms with van der Waals surface area (Å²) in [7, 11) is -4.78. The molecule has 0 heterocycles. The molecule has 3 atom stereocenters. The molecule has 0 spiro atoms. The van der Waals surface area contributed by atoms with Crippen LogP contribution >= 0.6 is 7.82 Å². The molecule has 0 aliphatic rings. The van der Waals surface area contributed by atoms with Gasteiger partial charge in [-0.15, -0.1) is 0 Å². The van der Waals surface area contributed by atoms with E-state index in [4.69, 9.17) is 23.3 Å². The summed E-state index contributed by atoms with van der Waals surface area (Å²) in [4.78, 5) is 48.7. The number of unbranched alkanes of at least 4 members (excludes halogenated alkanes) is 29. The number of carbonyl (C=O) groups is 3. The standard InChI is InChI=1S/C68H119O11P/c1-4-7-10-13-16-19-22-25-28-30-32-34-37-40-43-46-49-52-55-58-67(71)78-64(60-69)62-76-80(73,74)77-63-65(61-75-66(70)57-54-51-48-45-42-39-36-27-24-21-18-15-12-9-6-3)79-68(72)59-56-53-50-47-44-41-38-35-33-31-29-26-23-20-17-14-11-8-5-2/h8,11,17,20,25-26,28-29,33,35,41,44,50,53,64-65,69H,4-7,9-10,12-16,18-19,21-24,27,30-32,34,36-40,42-43,45-49,51-52,54-63H2,1-3H3,(H,73,74)/b11-8-,20-17-,28-25-,29-26-,35-33-,44-41-,53-50-. The van der Waals surface area contributed by atoms with Gasteiger partial charge in [0.15, 0.2) is 6.10 Å². The fourth-order valence-electron chi connectivity index (χ4n) is 8.91. The minimum Gasteiger partial charge on any atom is -0.462 e. The number of phosphoric ester groups is 1. The van der Waals surface area contributed by atoms with E-state index in [0.29, 0.717) is 19.3 Å². The Morgan fingerprint density at radius 3 is 1.07 bits per heavy atom. The first-order valence-corrected chi connectivity index (χ1v) is 34.0. The predicted octanol–water partition coefficient (Wildman–Crippen LogP) is 19.8. The third kappa shape index (κ3) is 59.3. The van der Waals surface area contributed by atoms with E-state index in [2.05, 4.69) is 93.7 Å². The van der Waals surface area contributed by atoms with Crippen LogP contribution in [0.5, 0.6) is 0 Å². The monoisotopic (exact) mass is 1140 g/mol. The quantitative estimate of drug-likeness (QED) is 0.0197. The van der Waals surface area contributed by atoms with Crippen molar-refractivity contribution in [1.82, 2.24) is 0 Å². The van der Waals surface area contributed by atoms with Crippen molar-refractivity contribution < 1.29 is 52.2 Å². The van der Waals surface area contributed by atoms with Crippen molar-refractivity contribution in [3.8, 4) is 0 Å². The zero-order valence-corrected chi connectivity index (χ0v) is 52.2. The number of ether oxygens (including phenoxy) is 3. The first-order chi connectivity index (χ1) is 39.2. The second-order valence-corrected chi connectivity index (χ2v) is 23.0. The van der Waals surface area contributed by atoms with E-state index in [1.54, 1.807) is 0 Å². The molecule has 0 fully saturated rings. The molecule has 0 aromatic heterocycles. The zero-order valence-electron chi connectivity index (χ0n) is 51.3. The molecule has 462 valence electrons. The van der Waals surface area contributed by atoms with Crippen LogP contribution in [-0.4, -0.2) is 66.5 Å². The SMILES string of the molecule is CC/C=C\C/C=C\C/C=C\C/C=C\C/C=C\C/C=C\CCC(=O)OC(COC(=O)CCCCCCCCCCCCCCCCC)COP(=O)(O)OCC(CO)OC(=O)CCCCCCCCCCC/C=C\CCCCCCCC. The van der Waals surface area contributed by atoms with Crippen molar-refractivity contribution in [1.29, 1.82) is 0 Å². The highest BCUT2D eigenvalue weighted by molar-refractivity contribution is 7.47. The molecule has 0 amide bonds. The first-order valence-electron chi connectivity index (χ1n) is 32.5. The summed E-state index contributed by atoms with van der Waals surface area (Å²) >= 11 is 0. The maximum absolute atomic E-state index is 13.0. The lowest BCUT2D eigenvalue weighted by Crippen LogP contribution is -2.30. The van der Waals surface area contributed by atoms with E-state index in [0.717, 1.165) is 77.0 Å². The molecule has 80 heavy (non-hydrogen) atoms. The molecule has 0 rings (SSSR count). The van der Waals surface area contributed by atoms with Crippen LogP contribution in [0.1, 0.15) is 290 Å². The second kappa shape index (κ2) is 61.7. The van der Waals surface area contributed by atoms with Gasteiger partial charge in [-0.1, -0.05) is 273 Å². The Morgan fingerprint density at radius 1 is 0.362 bits per heavy atom. The molecule has 0 radical (unpaired) electrons. The Labute approximate surface area is 490 Å². The Kier molecular flexibility index (Phi) is 59.1. The minimum absolute atomic E-state index is 0.0421. The number of rotatable bonds is 60. The Hall–Kier alpha value is -3.34. The number of hydrogen-bond donors (Lipinski definition) is 2. The van der Waals surface area contributed by atoms with Crippen LogP contribution in [0.3, 0.4) is 0 Å². The van der Waals surface area contributed by atoms with Gasteiger partial charge in [0.1, 0.15) is 12.7 Å². The maximum atomic E-state index is 13.0. The molecule has 0 aliphatic heterocycles. The largest absolute Gasteiger partial charge is 0.472 e. The topological polar surface area (TPSA) is 155 Å². The van der Waals surface area contributed by atoms with E-state index in [1.807, 2.05) is 12.2 Å². The summed E-state index contributed by atoms with van der Waals surface area (Å²) in [6.45, 7) is 4.49. The van der Waals surface area contributed by atoms with Crippen molar-refractivity contribution in [3.63, 3.8) is 0 Å². The molecule has 0 aliphatic carbocycles. The van der Waals surface area contributed by atoms with Crippen molar-refractivity contribution in [2.75, 3.05) is 26.4 Å². The summed E-state index contributed by atoms with van der Waals surface area (Å²) < 4.78 is 39.6. The van der Waals surface area contributed by atoms with E-state index in [9.17, 15) is 28.9 Å². The fraction of sp³-hybridized carbons (Fsp3) is 0.750. The smallest absolute Gasteiger partial charge is 0.462 e. The summed E-state index contributed by atoms with van der Waals surface area (Å²) in [5.74, 6) is -1.56. The molecule has 0 aromatic rings.